The van der Waals surface area contributed by atoms with E-state index in [2.05, 4.69) is 31.1 Å². The van der Waals surface area contributed by atoms with Gasteiger partial charge in [-0.1, -0.05) is 20.3 Å². The molecule has 1 unspecified atom stereocenters. The second-order valence-electron chi connectivity index (χ2n) is 7.69. The number of nitrogens with two attached hydrogens (primary N) is 1. The van der Waals surface area contributed by atoms with Crippen LogP contribution in [0.2, 0.25) is 0 Å². The molecule has 1 atom stereocenters. The molecule has 2 aromatic rings. The molecule has 2 aromatic heterocycles. The van der Waals surface area contributed by atoms with Gasteiger partial charge in [0.2, 0.25) is 5.71 Å². The molecule has 0 radical (unpaired) electrons. The Hall–Kier alpha value is -2.15. The van der Waals surface area contributed by atoms with Crippen molar-refractivity contribution in [2.45, 2.75) is 77.9 Å². The minimum absolute atomic E-state index is 0.0239. The fraction of sp³-hybridized carbons (Fsp3) is 0.650. The smallest absolute Gasteiger partial charge is 0.253 e. The van der Waals surface area contributed by atoms with Gasteiger partial charge in [-0.05, 0) is 46.5 Å². The number of carbonyl (C=O) groups excluding carboxylic acids is 1. The Labute approximate surface area is 160 Å². The van der Waals surface area contributed by atoms with Gasteiger partial charge in [-0.2, -0.15) is 4.98 Å². The van der Waals surface area contributed by atoms with Crippen molar-refractivity contribution in [3.63, 3.8) is 0 Å². The fourth-order valence-electron chi connectivity index (χ4n) is 3.67. The molecule has 0 spiro atoms. The van der Waals surface area contributed by atoms with E-state index in [9.17, 15) is 4.79 Å². The van der Waals surface area contributed by atoms with Crippen LogP contribution in [0.3, 0.4) is 0 Å². The first kappa shape index (κ1) is 19.6. The average molecular weight is 374 g/mol. The summed E-state index contributed by atoms with van der Waals surface area (Å²) >= 11 is 0. The predicted molar refractivity (Wildman–Crippen MR) is 105 cm³/mol. The molecule has 3 N–H and O–H groups in total. The minimum atomic E-state index is -0.577. The van der Waals surface area contributed by atoms with Crippen molar-refractivity contribution in [3.05, 3.63) is 17.1 Å². The zero-order valence-corrected chi connectivity index (χ0v) is 16.9. The highest BCUT2D eigenvalue weighted by Gasteiger charge is 2.40. The van der Waals surface area contributed by atoms with Crippen molar-refractivity contribution >= 4 is 22.8 Å². The van der Waals surface area contributed by atoms with Crippen LogP contribution in [0.1, 0.15) is 81.7 Å². The SMILES string of the molecule is CCCC(CC)(OCC)c1nc(NC2(C)CC2)c2c(C(N)=O)c(C)oc2n1. The standard InChI is InChI=1S/C20H30N4O3/c1-6-9-20(7-2,26-8-3)18-22-16(24-19(5)10-11-19)14-13(15(21)25)12(4)27-17(14)23-18/h6-11H2,1-5H3,(H2,21,25)(H,22,23,24). The fourth-order valence-corrected chi connectivity index (χ4v) is 3.67. The number of primary amides is 1. The van der Waals surface area contributed by atoms with Crippen molar-refractivity contribution in [2.24, 2.45) is 5.73 Å². The third-order valence-electron chi connectivity index (χ3n) is 5.45. The predicted octanol–water partition coefficient (Wildman–Crippen LogP) is 4.04. The van der Waals surface area contributed by atoms with Crippen LogP contribution in [0.15, 0.2) is 4.42 Å². The number of amides is 1. The number of hydrogen-bond donors (Lipinski definition) is 2. The summed E-state index contributed by atoms with van der Waals surface area (Å²) in [6, 6.07) is 0. The maximum Gasteiger partial charge on any atom is 0.253 e. The van der Waals surface area contributed by atoms with Crippen LogP contribution < -0.4 is 11.1 Å². The number of aromatic nitrogens is 2. The van der Waals surface area contributed by atoms with Crippen molar-refractivity contribution in [1.82, 2.24) is 9.97 Å². The lowest BCUT2D eigenvalue weighted by Crippen LogP contribution is -2.32. The summed E-state index contributed by atoms with van der Waals surface area (Å²) in [6.07, 6.45) is 4.60. The van der Waals surface area contributed by atoms with Gasteiger partial charge in [-0.25, -0.2) is 4.98 Å². The summed E-state index contributed by atoms with van der Waals surface area (Å²) in [7, 11) is 0. The van der Waals surface area contributed by atoms with Crippen molar-refractivity contribution in [3.8, 4) is 0 Å². The maximum absolute atomic E-state index is 12.0. The molecule has 7 heteroatoms. The molecule has 0 saturated heterocycles. The molecule has 1 amide bonds. The number of nitrogens with one attached hydrogen (secondary N) is 1. The normalized spacial score (nSPS) is 17.7. The van der Waals surface area contributed by atoms with Gasteiger partial charge in [0.15, 0.2) is 5.82 Å². The largest absolute Gasteiger partial charge is 0.442 e. The van der Waals surface area contributed by atoms with Gasteiger partial charge in [0, 0.05) is 12.1 Å². The minimum Gasteiger partial charge on any atom is -0.442 e. The third-order valence-corrected chi connectivity index (χ3v) is 5.45. The van der Waals surface area contributed by atoms with Crippen molar-refractivity contribution in [1.29, 1.82) is 0 Å². The van der Waals surface area contributed by atoms with Crippen LogP contribution in [0.5, 0.6) is 0 Å². The van der Waals surface area contributed by atoms with Crippen LogP contribution in [-0.4, -0.2) is 28.0 Å². The van der Waals surface area contributed by atoms with Gasteiger partial charge in [-0.3, -0.25) is 4.79 Å². The van der Waals surface area contributed by atoms with E-state index in [0.29, 0.717) is 40.7 Å². The molecule has 3 rings (SSSR count). The highest BCUT2D eigenvalue weighted by molar-refractivity contribution is 6.09. The van der Waals surface area contributed by atoms with E-state index in [1.165, 1.54) is 0 Å². The number of nitrogens with zero attached hydrogens (tertiary/aromatic N) is 2. The summed E-state index contributed by atoms with van der Waals surface area (Å²) in [5.41, 5.74) is 5.74. The monoisotopic (exact) mass is 374 g/mol. The molecule has 148 valence electrons. The van der Waals surface area contributed by atoms with E-state index < -0.39 is 11.5 Å². The zero-order chi connectivity index (χ0) is 19.8. The van der Waals surface area contributed by atoms with Gasteiger partial charge < -0.3 is 20.2 Å². The van der Waals surface area contributed by atoms with Gasteiger partial charge >= 0.3 is 0 Å². The molecule has 27 heavy (non-hydrogen) atoms. The van der Waals surface area contributed by atoms with Crippen LogP contribution in [-0.2, 0) is 10.3 Å². The molecule has 0 aromatic carbocycles. The summed E-state index contributed by atoms with van der Waals surface area (Å²) in [5, 5.41) is 4.05. The lowest BCUT2D eigenvalue weighted by molar-refractivity contribution is -0.0608. The topological polar surface area (TPSA) is 103 Å². The van der Waals surface area contributed by atoms with Crippen LogP contribution in [0.4, 0.5) is 5.82 Å². The van der Waals surface area contributed by atoms with Gasteiger partial charge in [-0.15, -0.1) is 0 Å². The number of carbonyl (C=O) groups is 1. The van der Waals surface area contributed by atoms with Crippen LogP contribution >= 0.6 is 0 Å². The molecule has 1 aliphatic carbocycles. The van der Waals surface area contributed by atoms with Crippen LogP contribution in [0, 0.1) is 6.92 Å². The van der Waals surface area contributed by atoms with E-state index in [4.69, 9.17) is 19.9 Å². The molecule has 1 fully saturated rings. The molecular formula is C20H30N4O3. The third kappa shape index (κ3) is 3.52. The van der Waals surface area contributed by atoms with E-state index in [-0.39, 0.29) is 5.54 Å². The number of furan rings is 1. The molecule has 0 bridgehead atoms. The van der Waals surface area contributed by atoms with Crippen molar-refractivity contribution < 1.29 is 13.9 Å². The molecule has 7 nitrogen and oxygen atoms in total. The van der Waals surface area contributed by atoms with E-state index in [1.54, 1.807) is 6.92 Å². The Morgan fingerprint density at radius 1 is 1.33 bits per heavy atom. The van der Waals surface area contributed by atoms with E-state index >= 15 is 0 Å². The van der Waals surface area contributed by atoms with E-state index in [0.717, 1.165) is 32.1 Å². The first-order chi connectivity index (χ1) is 12.8. The average Bonchev–Trinajstić information content (AvgIpc) is 3.22. The maximum atomic E-state index is 12.0. The highest BCUT2D eigenvalue weighted by atomic mass is 16.5. The Morgan fingerprint density at radius 3 is 2.56 bits per heavy atom. The number of aryl methyl sites for hydroxylation is 1. The number of anilines is 1. The number of hydrogen-bond acceptors (Lipinski definition) is 6. The van der Waals surface area contributed by atoms with Gasteiger partial charge in [0.05, 0.1) is 10.9 Å². The molecule has 0 aliphatic heterocycles. The lowest BCUT2D eigenvalue weighted by Gasteiger charge is -2.31. The van der Waals surface area contributed by atoms with Crippen molar-refractivity contribution in [2.75, 3.05) is 11.9 Å². The molecule has 1 saturated carbocycles. The summed E-state index contributed by atoms with van der Waals surface area (Å²) in [4.78, 5) is 21.6. The molecule has 1 aliphatic rings. The summed E-state index contributed by atoms with van der Waals surface area (Å²) in [6.45, 7) is 10.6. The summed E-state index contributed by atoms with van der Waals surface area (Å²) in [5.74, 6) is 1.13. The second kappa shape index (κ2) is 7.11. The number of fused-ring (bicyclic) bond motifs is 1. The Balaban J connectivity index is 2.24. The molecule has 2 heterocycles. The van der Waals surface area contributed by atoms with Gasteiger partial charge in [0.1, 0.15) is 17.2 Å². The highest BCUT2D eigenvalue weighted by Crippen LogP contribution is 2.42. The number of rotatable bonds is 9. The summed E-state index contributed by atoms with van der Waals surface area (Å²) < 4.78 is 12.0. The van der Waals surface area contributed by atoms with Gasteiger partial charge in [0.25, 0.3) is 5.91 Å². The molecular weight excluding hydrogens is 344 g/mol. The Morgan fingerprint density at radius 2 is 2.04 bits per heavy atom. The first-order valence-corrected chi connectivity index (χ1v) is 9.82. The second-order valence-corrected chi connectivity index (χ2v) is 7.69. The number of ether oxygens (including phenoxy) is 1. The Bertz CT molecular complexity index is 849. The quantitative estimate of drug-likeness (QED) is 0.687. The lowest BCUT2D eigenvalue weighted by atomic mass is 9.93. The zero-order valence-electron chi connectivity index (χ0n) is 16.9. The van der Waals surface area contributed by atoms with Crippen LogP contribution in [0.25, 0.3) is 11.1 Å². The van der Waals surface area contributed by atoms with E-state index in [1.807, 2.05) is 6.92 Å². The Kier molecular flexibility index (Phi) is 5.16. The first-order valence-electron chi connectivity index (χ1n) is 9.82.